The average Bonchev–Trinajstić information content (AvgIpc) is 2.51. The number of allylic oxidation sites excluding steroid dienone is 3. The predicted molar refractivity (Wildman–Crippen MR) is 89.1 cm³/mol. The van der Waals surface area contributed by atoms with Gasteiger partial charge in [0.05, 0.1) is 6.07 Å². The van der Waals surface area contributed by atoms with Crippen LogP contribution in [0.5, 0.6) is 0 Å². The van der Waals surface area contributed by atoms with Gasteiger partial charge in [-0.3, -0.25) is 0 Å². The molecule has 0 fully saturated rings. The fourth-order valence-corrected chi connectivity index (χ4v) is 1.06. The number of nitriles is 1. The second-order valence-electron chi connectivity index (χ2n) is 4.04. The fourth-order valence-electron chi connectivity index (χ4n) is 1.06. The highest BCUT2D eigenvalue weighted by Crippen LogP contribution is 1.97. The summed E-state index contributed by atoms with van der Waals surface area (Å²) in [6, 6.07) is 12.5. The van der Waals surface area contributed by atoms with E-state index in [1.54, 1.807) is 6.92 Å². The molecule has 1 nitrogen and oxygen atoms in total. The minimum absolute atomic E-state index is 0.782. The Hall–Kier alpha value is -2.25. The van der Waals surface area contributed by atoms with Gasteiger partial charge in [-0.15, -0.1) is 6.42 Å². The highest BCUT2D eigenvalue weighted by molar-refractivity contribution is 5.18. The zero-order valence-electron chi connectivity index (χ0n) is 13.1. The lowest BCUT2D eigenvalue weighted by molar-refractivity contribution is 1.14. The van der Waals surface area contributed by atoms with E-state index in [1.807, 2.05) is 26.0 Å². The Morgan fingerprint density at radius 1 is 1.30 bits per heavy atom. The lowest BCUT2D eigenvalue weighted by Crippen LogP contribution is -1.73. The summed E-state index contributed by atoms with van der Waals surface area (Å²) in [6.07, 6.45) is 8.65. The van der Waals surface area contributed by atoms with E-state index in [-0.39, 0.29) is 0 Å². The normalized spacial score (nSPS) is 8.80. The summed E-state index contributed by atoms with van der Waals surface area (Å²) in [4.78, 5) is 0. The Labute approximate surface area is 124 Å². The average molecular weight is 267 g/mol. The first-order valence-corrected chi connectivity index (χ1v) is 6.76. The van der Waals surface area contributed by atoms with E-state index in [2.05, 4.69) is 49.8 Å². The quantitative estimate of drug-likeness (QED) is 0.526. The molecule has 0 atom stereocenters. The van der Waals surface area contributed by atoms with E-state index in [0.29, 0.717) is 0 Å². The number of aryl methyl sites for hydroxylation is 1. The van der Waals surface area contributed by atoms with E-state index in [1.165, 1.54) is 5.56 Å². The highest BCUT2D eigenvalue weighted by atomic mass is 14.2. The Morgan fingerprint density at radius 2 is 1.80 bits per heavy atom. The lowest BCUT2D eigenvalue weighted by Gasteiger charge is -1.89. The van der Waals surface area contributed by atoms with Gasteiger partial charge >= 0.3 is 0 Å². The Kier molecular flexibility index (Phi) is 14.9. The molecule has 0 radical (unpaired) electrons. The van der Waals surface area contributed by atoms with Gasteiger partial charge in [-0.2, -0.15) is 5.26 Å². The minimum Gasteiger partial charge on any atom is -0.193 e. The predicted octanol–water partition coefficient (Wildman–Crippen LogP) is 5.31. The van der Waals surface area contributed by atoms with Crippen LogP contribution in [0.4, 0.5) is 0 Å². The number of hydrogen-bond donors (Lipinski definition) is 0. The lowest BCUT2D eigenvalue weighted by atomic mass is 10.2. The van der Waals surface area contributed by atoms with Crippen LogP contribution in [0.3, 0.4) is 0 Å². The summed E-state index contributed by atoms with van der Waals surface area (Å²) < 4.78 is 0. The smallest absolute Gasteiger partial charge is 0.0943 e. The van der Waals surface area contributed by atoms with Crippen LogP contribution < -0.4 is 0 Å². The Balaban J connectivity index is 0. The van der Waals surface area contributed by atoms with Gasteiger partial charge in [-0.25, -0.2) is 0 Å². The first kappa shape index (κ1) is 20.1. The molecular weight excluding hydrogens is 242 g/mol. The van der Waals surface area contributed by atoms with Crippen molar-refractivity contribution in [3.8, 4) is 18.4 Å². The molecule has 106 valence electrons. The van der Waals surface area contributed by atoms with E-state index in [0.717, 1.165) is 24.0 Å². The van der Waals surface area contributed by atoms with Gasteiger partial charge in [0.25, 0.3) is 0 Å². The molecule has 0 unspecified atom stereocenters. The van der Waals surface area contributed by atoms with Gasteiger partial charge in [0.1, 0.15) is 0 Å². The molecular formula is C19H25N. The van der Waals surface area contributed by atoms with Crippen LogP contribution in [0.15, 0.2) is 54.1 Å². The third-order valence-electron chi connectivity index (χ3n) is 2.37. The van der Waals surface area contributed by atoms with Crippen LogP contribution in [0.1, 0.15) is 39.7 Å². The largest absolute Gasteiger partial charge is 0.193 e. The van der Waals surface area contributed by atoms with Crippen LogP contribution in [-0.4, -0.2) is 0 Å². The molecule has 0 amide bonds. The topological polar surface area (TPSA) is 23.8 Å². The summed E-state index contributed by atoms with van der Waals surface area (Å²) in [5, 5.41) is 8.21. The molecule has 0 aliphatic heterocycles. The molecule has 0 aliphatic rings. The van der Waals surface area contributed by atoms with E-state index >= 15 is 0 Å². The van der Waals surface area contributed by atoms with Gasteiger partial charge in [0.15, 0.2) is 0 Å². The maximum absolute atomic E-state index is 8.21. The van der Waals surface area contributed by atoms with Crippen molar-refractivity contribution in [2.45, 2.75) is 40.5 Å². The molecule has 1 heteroatoms. The third kappa shape index (κ3) is 13.8. The van der Waals surface area contributed by atoms with Gasteiger partial charge in [0, 0.05) is 5.57 Å². The van der Waals surface area contributed by atoms with Crippen molar-refractivity contribution in [2.24, 2.45) is 0 Å². The molecule has 1 aromatic carbocycles. The zero-order valence-corrected chi connectivity index (χ0v) is 13.1. The Morgan fingerprint density at radius 3 is 1.95 bits per heavy atom. The van der Waals surface area contributed by atoms with E-state index in [4.69, 9.17) is 11.7 Å². The van der Waals surface area contributed by atoms with Gasteiger partial charge in [-0.1, -0.05) is 62.8 Å². The van der Waals surface area contributed by atoms with Crippen molar-refractivity contribution in [1.29, 1.82) is 5.26 Å². The number of nitrogens with zero attached hydrogens (tertiary/aromatic N) is 1. The van der Waals surface area contributed by atoms with Gasteiger partial charge in [-0.05, 0) is 37.8 Å². The number of rotatable bonds is 2. The molecule has 0 N–H and O–H groups in total. The zero-order chi connectivity index (χ0) is 15.8. The molecule has 1 aromatic rings. The minimum atomic E-state index is 0.782. The summed E-state index contributed by atoms with van der Waals surface area (Å²) in [7, 11) is 0. The van der Waals surface area contributed by atoms with Crippen LogP contribution in [-0.2, 0) is 6.42 Å². The maximum Gasteiger partial charge on any atom is 0.0943 e. The maximum atomic E-state index is 8.21. The third-order valence-corrected chi connectivity index (χ3v) is 2.37. The van der Waals surface area contributed by atoms with Crippen molar-refractivity contribution in [1.82, 2.24) is 0 Å². The summed E-state index contributed by atoms with van der Waals surface area (Å²) in [5.74, 6) is 2.33. The first-order valence-electron chi connectivity index (χ1n) is 6.76. The monoisotopic (exact) mass is 267 g/mol. The molecule has 1 rings (SSSR count). The highest BCUT2D eigenvalue weighted by Gasteiger charge is 1.82. The Bertz CT molecular complexity index is 467. The summed E-state index contributed by atoms with van der Waals surface area (Å²) >= 11 is 0. The number of hydrogen-bond acceptors (Lipinski definition) is 1. The molecule has 0 bridgehead atoms. The van der Waals surface area contributed by atoms with E-state index < -0.39 is 0 Å². The van der Waals surface area contributed by atoms with Crippen molar-refractivity contribution >= 4 is 0 Å². The van der Waals surface area contributed by atoms with Crippen molar-refractivity contribution in [3.05, 3.63) is 59.7 Å². The molecule has 0 aliphatic carbocycles. The molecule has 0 heterocycles. The summed E-state index contributed by atoms with van der Waals surface area (Å²) in [5.41, 5.74) is 3.05. The first-order chi connectivity index (χ1) is 9.55. The molecule has 20 heavy (non-hydrogen) atoms. The molecule has 0 saturated carbocycles. The summed E-state index contributed by atoms with van der Waals surface area (Å²) in [6.45, 7) is 11.2. The van der Waals surface area contributed by atoms with Crippen molar-refractivity contribution < 1.29 is 0 Å². The standard InChI is InChI=1S/C8H10.C6H9N.C5H6/c1-2-8-6-4-3-5-7-8;1-3-6(4-2)5-7;1-4-5(2)3/h3-7H,2H2,1H3;3H,4H2,1-2H3;1H,2H2,3H3/b;6-3-;. The van der Waals surface area contributed by atoms with Crippen LogP contribution in [0.25, 0.3) is 0 Å². The van der Waals surface area contributed by atoms with Crippen molar-refractivity contribution in [3.63, 3.8) is 0 Å². The van der Waals surface area contributed by atoms with Crippen LogP contribution in [0, 0.1) is 23.7 Å². The second kappa shape index (κ2) is 14.8. The fraction of sp³-hybridized carbons (Fsp3) is 0.316. The van der Waals surface area contributed by atoms with Crippen LogP contribution >= 0.6 is 0 Å². The number of terminal acetylenes is 1. The van der Waals surface area contributed by atoms with E-state index in [9.17, 15) is 0 Å². The molecule has 0 spiro atoms. The van der Waals surface area contributed by atoms with Crippen molar-refractivity contribution in [2.75, 3.05) is 0 Å². The SMILES string of the molecule is C#CC(=C)C.C/C=C(\C#N)CC.CCc1ccccc1. The number of benzene rings is 1. The van der Waals surface area contributed by atoms with Gasteiger partial charge < -0.3 is 0 Å². The van der Waals surface area contributed by atoms with Gasteiger partial charge in [0.2, 0.25) is 0 Å². The molecule has 0 aromatic heterocycles. The second-order valence-corrected chi connectivity index (χ2v) is 4.04. The molecule has 0 saturated heterocycles. The van der Waals surface area contributed by atoms with Crippen LogP contribution in [0.2, 0.25) is 0 Å².